The molecule has 3 heteroatoms. The molecule has 1 amide bonds. The van der Waals surface area contributed by atoms with E-state index in [-0.39, 0.29) is 5.41 Å². The number of rotatable bonds is 6. The zero-order valence-corrected chi connectivity index (χ0v) is 11.3. The summed E-state index contributed by atoms with van der Waals surface area (Å²) < 4.78 is 0. The number of hydrogen-bond donors (Lipinski definition) is 1. The van der Waals surface area contributed by atoms with E-state index in [9.17, 15) is 4.79 Å². The van der Waals surface area contributed by atoms with Crippen LogP contribution in [0.2, 0.25) is 0 Å². The minimum atomic E-state index is -0.152. The zero-order chi connectivity index (χ0) is 12.7. The summed E-state index contributed by atoms with van der Waals surface area (Å²) in [4.78, 5) is 14.4. The first kappa shape index (κ1) is 14.2. The van der Waals surface area contributed by atoms with Crippen molar-refractivity contribution in [1.82, 2.24) is 10.2 Å². The molecule has 0 aromatic rings. The Labute approximate surface area is 105 Å². The molecule has 0 radical (unpaired) electrons. The molecule has 1 N–H and O–H groups in total. The van der Waals surface area contributed by atoms with Crippen LogP contribution in [0.15, 0.2) is 12.7 Å². The van der Waals surface area contributed by atoms with Crippen LogP contribution in [0.1, 0.15) is 39.0 Å². The van der Waals surface area contributed by atoms with Crippen LogP contribution in [0.5, 0.6) is 0 Å². The highest BCUT2D eigenvalue weighted by Crippen LogP contribution is 2.32. The van der Waals surface area contributed by atoms with E-state index in [1.54, 1.807) is 0 Å². The van der Waals surface area contributed by atoms with Crippen molar-refractivity contribution in [2.45, 2.75) is 39.0 Å². The fourth-order valence-corrected chi connectivity index (χ4v) is 2.58. The van der Waals surface area contributed by atoms with Gasteiger partial charge >= 0.3 is 0 Å². The Balaban J connectivity index is 2.55. The molecule has 0 bridgehead atoms. The van der Waals surface area contributed by atoms with Crippen LogP contribution in [-0.2, 0) is 4.79 Å². The maximum absolute atomic E-state index is 12.5. The first-order valence-corrected chi connectivity index (χ1v) is 6.73. The lowest BCUT2D eigenvalue weighted by atomic mass is 9.77. The van der Waals surface area contributed by atoms with Gasteiger partial charge in [0, 0.05) is 20.1 Å². The molecule has 1 atom stereocenters. The maximum atomic E-state index is 12.5. The van der Waals surface area contributed by atoms with Crippen molar-refractivity contribution in [3.8, 4) is 0 Å². The number of amides is 1. The minimum Gasteiger partial charge on any atom is -0.345 e. The van der Waals surface area contributed by atoms with Crippen molar-refractivity contribution in [2.75, 3.05) is 26.7 Å². The van der Waals surface area contributed by atoms with E-state index in [1.807, 2.05) is 18.0 Å². The van der Waals surface area contributed by atoms with Crippen molar-refractivity contribution in [2.24, 2.45) is 5.41 Å². The Bertz CT molecular complexity index is 257. The fourth-order valence-electron chi connectivity index (χ4n) is 2.58. The van der Waals surface area contributed by atoms with E-state index >= 15 is 0 Å². The average Bonchev–Trinajstić information content (AvgIpc) is 2.38. The predicted molar refractivity (Wildman–Crippen MR) is 71.9 cm³/mol. The van der Waals surface area contributed by atoms with Crippen LogP contribution in [0.25, 0.3) is 0 Å². The summed E-state index contributed by atoms with van der Waals surface area (Å²) in [6.07, 6.45) is 6.98. The number of hydrogen-bond acceptors (Lipinski definition) is 2. The summed E-state index contributed by atoms with van der Waals surface area (Å²) in [6, 6.07) is 0. The van der Waals surface area contributed by atoms with Crippen LogP contribution in [0.4, 0.5) is 0 Å². The Morgan fingerprint density at radius 3 is 2.88 bits per heavy atom. The molecule has 98 valence electrons. The number of piperidine rings is 1. The van der Waals surface area contributed by atoms with Crippen molar-refractivity contribution in [3.05, 3.63) is 12.7 Å². The second-order valence-corrected chi connectivity index (χ2v) is 5.07. The Morgan fingerprint density at radius 2 is 2.35 bits per heavy atom. The Kier molecular flexibility index (Phi) is 5.69. The van der Waals surface area contributed by atoms with Gasteiger partial charge in [-0.05, 0) is 38.6 Å². The van der Waals surface area contributed by atoms with Crippen LogP contribution >= 0.6 is 0 Å². The summed E-state index contributed by atoms with van der Waals surface area (Å²) in [7, 11) is 1.93. The fraction of sp³-hybridized carbons (Fsp3) is 0.786. The summed E-state index contributed by atoms with van der Waals surface area (Å²) in [5, 5.41) is 3.37. The molecule has 1 heterocycles. The molecule has 0 spiro atoms. The summed E-state index contributed by atoms with van der Waals surface area (Å²) in [5.74, 6) is 0.316. The average molecular weight is 238 g/mol. The first-order chi connectivity index (χ1) is 8.16. The van der Waals surface area contributed by atoms with Gasteiger partial charge in [0.05, 0.1) is 5.41 Å². The smallest absolute Gasteiger partial charge is 0.229 e. The van der Waals surface area contributed by atoms with Gasteiger partial charge in [-0.2, -0.15) is 0 Å². The lowest BCUT2D eigenvalue weighted by Crippen LogP contribution is -2.50. The van der Waals surface area contributed by atoms with Crippen LogP contribution in [0.3, 0.4) is 0 Å². The molecule has 0 aromatic heterocycles. The lowest BCUT2D eigenvalue weighted by Gasteiger charge is -2.38. The molecule has 3 nitrogen and oxygen atoms in total. The number of allylic oxidation sites excluding steroid dienone is 1. The normalized spacial score (nSPS) is 24.4. The van der Waals surface area contributed by atoms with Crippen LogP contribution < -0.4 is 5.32 Å². The second kappa shape index (κ2) is 6.80. The highest BCUT2D eigenvalue weighted by molar-refractivity contribution is 5.82. The monoisotopic (exact) mass is 238 g/mol. The molecule has 1 aliphatic heterocycles. The van der Waals surface area contributed by atoms with Crippen molar-refractivity contribution >= 4 is 5.91 Å². The van der Waals surface area contributed by atoms with Gasteiger partial charge < -0.3 is 10.2 Å². The van der Waals surface area contributed by atoms with E-state index in [2.05, 4.69) is 18.8 Å². The molecule has 0 aromatic carbocycles. The van der Waals surface area contributed by atoms with Crippen molar-refractivity contribution in [1.29, 1.82) is 0 Å². The third-order valence-corrected chi connectivity index (χ3v) is 3.85. The largest absolute Gasteiger partial charge is 0.345 e. The number of carbonyl (C=O) groups excluding carboxylic acids is 1. The van der Waals surface area contributed by atoms with Gasteiger partial charge in [-0.3, -0.25) is 4.79 Å². The van der Waals surface area contributed by atoms with E-state index in [1.165, 1.54) is 0 Å². The van der Waals surface area contributed by atoms with Crippen LogP contribution in [0, 0.1) is 5.41 Å². The van der Waals surface area contributed by atoms with Crippen LogP contribution in [-0.4, -0.2) is 37.5 Å². The Morgan fingerprint density at radius 1 is 1.59 bits per heavy atom. The number of nitrogens with zero attached hydrogens (tertiary/aromatic N) is 1. The second-order valence-electron chi connectivity index (χ2n) is 5.07. The molecular weight excluding hydrogens is 212 g/mol. The van der Waals surface area contributed by atoms with Crippen molar-refractivity contribution < 1.29 is 4.79 Å². The number of nitrogens with one attached hydrogen (secondary N) is 1. The van der Waals surface area contributed by atoms with Gasteiger partial charge in [-0.1, -0.05) is 13.0 Å². The third kappa shape index (κ3) is 3.56. The molecule has 1 saturated heterocycles. The molecular formula is C14H26N2O. The van der Waals surface area contributed by atoms with Gasteiger partial charge in [0.15, 0.2) is 0 Å². The summed E-state index contributed by atoms with van der Waals surface area (Å²) in [6.45, 7) is 8.57. The first-order valence-electron chi connectivity index (χ1n) is 6.73. The molecule has 1 unspecified atom stereocenters. The van der Waals surface area contributed by atoms with Gasteiger partial charge in [-0.15, -0.1) is 6.58 Å². The van der Waals surface area contributed by atoms with Gasteiger partial charge in [0.25, 0.3) is 0 Å². The molecule has 1 rings (SSSR count). The topological polar surface area (TPSA) is 32.3 Å². The van der Waals surface area contributed by atoms with Gasteiger partial charge in [0.1, 0.15) is 0 Å². The number of carbonyl (C=O) groups is 1. The summed E-state index contributed by atoms with van der Waals surface area (Å²) >= 11 is 0. The summed E-state index contributed by atoms with van der Waals surface area (Å²) in [5.41, 5.74) is -0.152. The van der Waals surface area contributed by atoms with Gasteiger partial charge in [-0.25, -0.2) is 0 Å². The van der Waals surface area contributed by atoms with Gasteiger partial charge in [0.2, 0.25) is 5.91 Å². The maximum Gasteiger partial charge on any atom is 0.229 e. The molecule has 17 heavy (non-hydrogen) atoms. The van der Waals surface area contributed by atoms with E-state index in [4.69, 9.17) is 0 Å². The highest BCUT2D eigenvalue weighted by Gasteiger charge is 2.39. The molecule has 1 aliphatic rings. The van der Waals surface area contributed by atoms with E-state index in [0.717, 1.165) is 51.7 Å². The molecule has 0 aliphatic carbocycles. The number of unbranched alkanes of at least 4 members (excludes halogenated alkanes) is 1. The quantitative estimate of drug-likeness (QED) is 0.568. The molecule has 1 fully saturated rings. The SMILES string of the molecule is C=CCCCN(C)C(=O)C1(CC)CCCNC1. The lowest BCUT2D eigenvalue weighted by molar-refractivity contribution is -0.142. The highest BCUT2D eigenvalue weighted by atomic mass is 16.2. The minimum absolute atomic E-state index is 0.152. The van der Waals surface area contributed by atoms with Crippen molar-refractivity contribution in [3.63, 3.8) is 0 Å². The van der Waals surface area contributed by atoms with E-state index < -0.39 is 0 Å². The Hall–Kier alpha value is -0.830. The molecule has 0 saturated carbocycles. The van der Waals surface area contributed by atoms with E-state index in [0.29, 0.717) is 5.91 Å². The zero-order valence-electron chi connectivity index (χ0n) is 11.3. The standard InChI is InChI=1S/C14H26N2O/c1-4-6-7-11-16(3)13(17)14(5-2)9-8-10-15-12-14/h4,15H,1,5-12H2,2-3H3. The third-order valence-electron chi connectivity index (χ3n) is 3.85. The predicted octanol–water partition coefficient (Wildman–Crippen LogP) is 2.19.